The van der Waals surface area contributed by atoms with Crippen LogP contribution in [-0.4, -0.2) is 5.78 Å². The number of carbonyl (C=O) groups is 1. The fraction of sp³-hybridized carbons (Fsp3) is 0.500. The zero-order chi connectivity index (χ0) is 8.29. The molecule has 2 heteroatoms. The number of halogens is 1. The molecule has 0 aliphatic heterocycles. The third kappa shape index (κ3) is 0.639. The average Bonchev–Trinajstić information content (AvgIpc) is 2.66. The van der Waals surface area contributed by atoms with Gasteiger partial charge < -0.3 is 0 Å². The van der Waals surface area contributed by atoms with Crippen LogP contribution in [0, 0.1) is 23.7 Å². The van der Waals surface area contributed by atoms with Crippen molar-refractivity contribution in [3.05, 3.63) is 23.3 Å². The number of hydrogen-bond donors (Lipinski definition) is 0. The molecular weight excluding hydrogens is 172 g/mol. The van der Waals surface area contributed by atoms with Crippen LogP contribution in [0.25, 0.3) is 0 Å². The highest BCUT2D eigenvalue weighted by Crippen LogP contribution is 2.53. The highest BCUT2D eigenvalue weighted by molar-refractivity contribution is 6.43. The van der Waals surface area contributed by atoms with Crippen molar-refractivity contribution in [1.82, 2.24) is 0 Å². The number of hydrogen-bond acceptors (Lipinski definition) is 1. The minimum atomic E-state index is 0.179. The van der Waals surface area contributed by atoms with E-state index in [0.29, 0.717) is 22.8 Å². The molecule has 3 rings (SSSR count). The number of Topliss-reactive ketones (excluding diaryl/α,β-unsaturated/α-hetero) is 1. The molecule has 1 nitrogen and oxygen atoms in total. The summed E-state index contributed by atoms with van der Waals surface area (Å²) < 4.78 is 0. The Labute approximate surface area is 76.1 Å². The van der Waals surface area contributed by atoms with Gasteiger partial charge in [-0.15, -0.1) is 0 Å². The van der Waals surface area contributed by atoms with Gasteiger partial charge in [0.1, 0.15) is 0 Å². The summed E-state index contributed by atoms with van der Waals surface area (Å²) in [5.74, 6) is 1.89. The highest BCUT2D eigenvalue weighted by atomic mass is 35.5. The van der Waals surface area contributed by atoms with Crippen molar-refractivity contribution in [3.8, 4) is 0 Å². The Morgan fingerprint density at radius 2 is 2.08 bits per heavy atom. The molecule has 0 saturated heterocycles. The van der Waals surface area contributed by atoms with Crippen LogP contribution in [0.4, 0.5) is 0 Å². The molecule has 0 amide bonds. The Hall–Kier alpha value is -0.560. The molecule has 3 aliphatic rings. The van der Waals surface area contributed by atoms with E-state index >= 15 is 0 Å². The lowest BCUT2D eigenvalue weighted by Crippen LogP contribution is -2.20. The molecule has 0 radical (unpaired) electrons. The smallest absolute Gasteiger partial charge is 0.178 e. The van der Waals surface area contributed by atoms with Crippen LogP contribution >= 0.6 is 11.6 Å². The van der Waals surface area contributed by atoms with Crippen LogP contribution in [0.1, 0.15) is 6.42 Å². The molecule has 0 N–H and O–H groups in total. The van der Waals surface area contributed by atoms with Crippen LogP contribution < -0.4 is 0 Å². The van der Waals surface area contributed by atoms with Gasteiger partial charge in [0.25, 0.3) is 0 Å². The molecule has 0 aromatic rings. The van der Waals surface area contributed by atoms with Gasteiger partial charge in [0, 0.05) is 5.92 Å². The fourth-order valence-corrected chi connectivity index (χ4v) is 3.14. The molecule has 12 heavy (non-hydrogen) atoms. The first-order valence-corrected chi connectivity index (χ1v) is 4.75. The molecule has 1 fully saturated rings. The van der Waals surface area contributed by atoms with Gasteiger partial charge in [0.15, 0.2) is 5.78 Å². The number of fused-ring (bicyclic) bond motifs is 5. The molecule has 0 spiro atoms. The normalized spacial score (nSPS) is 48.4. The van der Waals surface area contributed by atoms with Crippen molar-refractivity contribution in [2.75, 3.05) is 0 Å². The summed E-state index contributed by atoms with van der Waals surface area (Å²) in [6.07, 6.45) is 7.56. The predicted octanol–water partition coefficient (Wildman–Crippen LogP) is 2.13. The standard InChI is InChI=1S/C10H9ClO/c11-8-4-7-5-1-2-6(3-5)9(7)10(8)12/h1-2,4-7,9H,3H2/t5-,6+,7-,9+/m0/s1. The lowest BCUT2D eigenvalue weighted by Gasteiger charge is -2.17. The molecule has 0 unspecified atom stereocenters. The zero-order valence-corrected chi connectivity index (χ0v) is 7.29. The van der Waals surface area contributed by atoms with Crippen LogP contribution in [0.3, 0.4) is 0 Å². The monoisotopic (exact) mass is 180 g/mol. The first-order chi connectivity index (χ1) is 5.77. The molecule has 0 aromatic carbocycles. The molecule has 3 aliphatic carbocycles. The first kappa shape index (κ1) is 6.90. The van der Waals surface area contributed by atoms with Gasteiger partial charge in [-0.1, -0.05) is 29.8 Å². The van der Waals surface area contributed by atoms with E-state index in [-0.39, 0.29) is 11.7 Å². The van der Waals surface area contributed by atoms with Gasteiger partial charge in [0.2, 0.25) is 0 Å². The van der Waals surface area contributed by atoms with E-state index in [1.54, 1.807) is 0 Å². The van der Waals surface area contributed by atoms with E-state index in [4.69, 9.17) is 11.6 Å². The van der Waals surface area contributed by atoms with Crippen molar-refractivity contribution in [2.24, 2.45) is 23.7 Å². The predicted molar refractivity (Wildman–Crippen MR) is 46.7 cm³/mol. The van der Waals surface area contributed by atoms with Crippen molar-refractivity contribution in [1.29, 1.82) is 0 Å². The second-order valence-electron chi connectivity index (χ2n) is 3.93. The van der Waals surface area contributed by atoms with Crippen LogP contribution in [0.15, 0.2) is 23.3 Å². The lowest BCUT2D eigenvalue weighted by atomic mass is 9.85. The SMILES string of the molecule is O=C1C(Cl)=C[C@@H]2[C@H]1[C@@H]1C=C[C@H]2C1. The Morgan fingerprint density at radius 1 is 1.33 bits per heavy atom. The summed E-state index contributed by atoms with van der Waals surface area (Å²) in [6.45, 7) is 0. The van der Waals surface area contributed by atoms with Gasteiger partial charge in [-0.3, -0.25) is 4.79 Å². The molecule has 0 aromatic heterocycles. The Bertz CT molecular complexity index is 316. The highest BCUT2D eigenvalue weighted by Gasteiger charge is 2.50. The maximum Gasteiger partial charge on any atom is 0.178 e. The number of carbonyl (C=O) groups excluding carboxylic acids is 1. The lowest BCUT2D eigenvalue weighted by molar-refractivity contribution is -0.119. The van der Waals surface area contributed by atoms with Crippen molar-refractivity contribution < 1.29 is 4.79 Å². The summed E-state index contributed by atoms with van der Waals surface area (Å²) in [4.78, 5) is 11.5. The van der Waals surface area contributed by atoms with E-state index in [9.17, 15) is 4.79 Å². The van der Waals surface area contributed by atoms with Gasteiger partial charge in [-0.2, -0.15) is 0 Å². The maximum absolute atomic E-state index is 11.5. The van der Waals surface area contributed by atoms with Crippen molar-refractivity contribution in [2.45, 2.75) is 6.42 Å². The number of ketones is 1. The quantitative estimate of drug-likeness (QED) is 0.522. The molecule has 2 bridgehead atoms. The van der Waals surface area contributed by atoms with Crippen molar-refractivity contribution in [3.63, 3.8) is 0 Å². The number of allylic oxidation sites excluding steroid dienone is 4. The molecule has 4 atom stereocenters. The Kier molecular flexibility index (Phi) is 1.16. The summed E-state index contributed by atoms with van der Waals surface area (Å²) in [5, 5.41) is 0.475. The summed E-state index contributed by atoms with van der Waals surface area (Å²) >= 11 is 5.81. The Morgan fingerprint density at radius 3 is 2.83 bits per heavy atom. The summed E-state index contributed by atoms with van der Waals surface area (Å²) in [6, 6.07) is 0. The topological polar surface area (TPSA) is 17.1 Å². The minimum absolute atomic E-state index is 0.179. The molecule has 1 saturated carbocycles. The van der Waals surface area contributed by atoms with Crippen LogP contribution in [-0.2, 0) is 4.79 Å². The van der Waals surface area contributed by atoms with E-state index in [2.05, 4.69) is 12.2 Å². The van der Waals surface area contributed by atoms with E-state index in [1.807, 2.05) is 6.08 Å². The third-order valence-electron chi connectivity index (χ3n) is 3.40. The molecular formula is C10H9ClO. The minimum Gasteiger partial charge on any atom is -0.293 e. The molecule has 0 heterocycles. The fourth-order valence-electron chi connectivity index (χ4n) is 2.87. The zero-order valence-electron chi connectivity index (χ0n) is 6.53. The maximum atomic E-state index is 11.5. The Balaban J connectivity index is 2.07. The van der Waals surface area contributed by atoms with Gasteiger partial charge in [-0.05, 0) is 24.2 Å². The summed E-state index contributed by atoms with van der Waals surface area (Å²) in [7, 11) is 0. The van der Waals surface area contributed by atoms with Crippen LogP contribution in [0.2, 0.25) is 0 Å². The van der Waals surface area contributed by atoms with E-state index < -0.39 is 0 Å². The van der Waals surface area contributed by atoms with Crippen molar-refractivity contribution >= 4 is 17.4 Å². The van der Waals surface area contributed by atoms with Gasteiger partial charge >= 0.3 is 0 Å². The van der Waals surface area contributed by atoms with E-state index in [0.717, 1.165) is 0 Å². The summed E-state index contributed by atoms with van der Waals surface area (Å²) in [5.41, 5.74) is 0. The largest absolute Gasteiger partial charge is 0.293 e. The number of rotatable bonds is 0. The second-order valence-corrected chi connectivity index (χ2v) is 4.34. The van der Waals surface area contributed by atoms with Gasteiger partial charge in [0.05, 0.1) is 5.03 Å². The first-order valence-electron chi connectivity index (χ1n) is 4.37. The average molecular weight is 181 g/mol. The third-order valence-corrected chi connectivity index (χ3v) is 3.71. The molecule has 62 valence electrons. The van der Waals surface area contributed by atoms with Gasteiger partial charge in [-0.25, -0.2) is 0 Å². The van der Waals surface area contributed by atoms with E-state index in [1.165, 1.54) is 6.42 Å². The van der Waals surface area contributed by atoms with Crippen LogP contribution in [0.5, 0.6) is 0 Å². The second kappa shape index (κ2) is 2.02.